The molecular weight excluding hydrogens is 1550 g/mol. The van der Waals surface area contributed by atoms with Crippen molar-refractivity contribution in [3.63, 3.8) is 0 Å². The summed E-state index contributed by atoms with van der Waals surface area (Å²) in [5, 5.41) is 11.8. The number of rotatable bonds is 15. The molecule has 0 fully saturated rings. The van der Waals surface area contributed by atoms with Gasteiger partial charge in [0.05, 0.1) is 22.1 Å². The van der Waals surface area contributed by atoms with Crippen molar-refractivity contribution in [1.82, 2.24) is 9.13 Å². The van der Waals surface area contributed by atoms with Gasteiger partial charge in [-0.05, 0) is 274 Å². The molecule has 2 aromatic heterocycles. The average Bonchev–Trinajstić information content (AvgIpc) is 1.60. The number of nitrogen functional groups attached to an aromatic ring is 1. The van der Waals surface area contributed by atoms with E-state index < -0.39 is 0 Å². The summed E-state index contributed by atoms with van der Waals surface area (Å²) in [5.41, 5.74) is 37.8. The van der Waals surface area contributed by atoms with Crippen LogP contribution >= 0.6 is 31.9 Å². The molecule has 0 spiro atoms. The fraction of sp³-hybridized carbons (Fsp3) is 0.0467. The number of para-hydroxylation sites is 4. The monoisotopic (exact) mass is 1640 g/mol. The molecule has 0 aliphatic rings. The van der Waals surface area contributed by atoms with Gasteiger partial charge in [-0.1, -0.05) is 266 Å². The summed E-state index contributed by atoms with van der Waals surface area (Å²) in [7, 11) is 0. The Morgan fingerprint density at radius 3 is 0.778 bits per heavy atom. The second kappa shape index (κ2) is 36.2. The maximum atomic E-state index is 5.43. The van der Waals surface area contributed by atoms with Gasteiger partial charge in [-0.25, -0.2) is 0 Å². The van der Waals surface area contributed by atoms with Gasteiger partial charge < -0.3 is 35.3 Å². The molecule has 117 heavy (non-hydrogen) atoms. The van der Waals surface area contributed by atoms with Crippen LogP contribution in [0.4, 0.5) is 62.6 Å². The van der Waals surface area contributed by atoms with Gasteiger partial charge in [0.1, 0.15) is 0 Å². The summed E-state index contributed by atoms with van der Waals surface area (Å²) in [6.07, 6.45) is 0. The summed E-state index contributed by atoms with van der Waals surface area (Å²) in [6.45, 7) is 10.5. The van der Waals surface area contributed by atoms with Crippen molar-refractivity contribution in [3.8, 4) is 44.8 Å². The van der Waals surface area contributed by atoms with Crippen LogP contribution in [0.25, 0.3) is 88.4 Å². The molecule has 0 saturated carbocycles. The van der Waals surface area contributed by atoms with Crippen LogP contribution < -0.4 is 26.2 Å². The van der Waals surface area contributed by atoms with Gasteiger partial charge in [-0.15, -0.1) is 0 Å². The second-order valence-electron chi connectivity index (χ2n) is 29.3. The number of halogens is 2. The van der Waals surface area contributed by atoms with E-state index in [1.54, 1.807) is 0 Å². The van der Waals surface area contributed by atoms with Gasteiger partial charge in [-0.2, -0.15) is 0 Å². The van der Waals surface area contributed by atoms with E-state index in [4.69, 9.17) is 5.73 Å². The summed E-state index contributed by atoms with van der Waals surface area (Å²) in [6, 6.07) is 147. The Balaban J connectivity index is 0.000000188. The lowest BCUT2D eigenvalue weighted by Crippen LogP contribution is -2.10. The third-order valence-corrected chi connectivity index (χ3v) is 22.0. The Labute approximate surface area is 708 Å². The SMILES string of the molecule is Brc1ccc(-c2ccc(Br)cc2)cc1.Cc1ccc(N(c2ccc(-c3ccc(N(c4ccc(C)cc4)c4ccc5c(c4)c4ccccc4n5-c4ccccc4)cc3)cc2)c2ccc3c(c2)c2ccccc2n3-c2ccccc2)cc1.Cc1ccc(N)cc1.Cc1ccc(Nc2ccc(-c3ccc(Nc4ccc(C)cc4)cc3)cc2)cc1.[2HH].[2HH].[B]. The Bertz CT molecular complexity index is 6110. The molecule has 3 radical (unpaired) electrons. The Morgan fingerprint density at radius 1 is 0.239 bits per heavy atom. The van der Waals surface area contributed by atoms with Crippen molar-refractivity contribution in [3.05, 3.63) is 449 Å². The van der Waals surface area contributed by atoms with Crippen molar-refractivity contribution in [1.29, 1.82) is 0 Å². The predicted molar refractivity (Wildman–Crippen MR) is 513 cm³/mol. The lowest BCUT2D eigenvalue weighted by Gasteiger charge is -2.26. The minimum atomic E-state index is 0. The number of hydrogen-bond acceptors (Lipinski definition) is 5. The molecule has 4 N–H and O–H groups in total. The first-order valence-electron chi connectivity index (χ1n) is 39.1. The third-order valence-electron chi connectivity index (χ3n) is 20.9. The number of nitrogens with zero attached hydrogens (tertiary/aromatic N) is 4. The summed E-state index contributed by atoms with van der Waals surface area (Å²) in [4.78, 5) is 4.74. The smallest absolute Gasteiger partial charge is 0.0542 e. The summed E-state index contributed by atoms with van der Waals surface area (Å²) >= 11 is 6.84. The van der Waals surface area contributed by atoms with E-state index in [2.05, 4.69) is 477 Å². The predicted octanol–water partition coefficient (Wildman–Crippen LogP) is 31.1. The van der Waals surface area contributed by atoms with Crippen molar-refractivity contribution in [2.24, 2.45) is 0 Å². The molecule has 0 atom stereocenters. The molecule has 19 rings (SSSR count). The highest BCUT2D eigenvalue weighted by Crippen LogP contribution is 2.44. The van der Waals surface area contributed by atoms with Crippen LogP contribution in [-0.2, 0) is 0 Å². The molecule has 10 heteroatoms. The second-order valence-corrected chi connectivity index (χ2v) is 31.1. The first kappa shape index (κ1) is 78.6. The molecule has 17 aromatic carbocycles. The molecule has 7 nitrogen and oxygen atoms in total. The molecule has 0 aliphatic carbocycles. The van der Waals surface area contributed by atoms with E-state index in [9.17, 15) is 0 Å². The van der Waals surface area contributed by atoms with Gasteiger partial charge in [0.2, 0.25) is 0 Å². The third kappa shape index (κ3) is 18.5. The first-order chi connectivity index (χ1) is 56.7. The van der Waals surface area contributed by atoms with Crippen LogP contribution in [0.3, 0.4) is 0 Å². The normalized spacial score (nSPS) is 10.8. The molecule has 0 saturated heterocycles. The molecule has 0 unspecified atom stereocenters. The quantitative estimate of drug-likeness (QED) is 0.0705. The van der Waals surface area contributed by atoms with Crippen molar-refractivity contribution < 1.29 is 2.85 Å². The number of benzene rings is 17. The topological polar surface area (TPSA) is 66.4 Å². The minimum absolute atomic E-state index is 0. The van der Waals surface area contributed by atoms with Crippen molar-refractivity contribution in [2.75, 3.05) is 26.2 Å². The van der Waals surface area contributed by atoms with Crippen LogP contribution in [0.1, 0.15) is 30.7 Å². The van der Waals surface area contributed by atoms with Gasteiger partial charge in [-0.3, -0.25) is 0 Å². The van der Waals surface area contributed by atoms with Crippen LogP contribution in [-0.4, -0.2) is 17.5 Å². The molecule has 0 aliphatic heterocycles. The largest absolute Gasteiger partial charge is 0.399 e. The minimum Gasteiger partial charge on any atom is -0.399 e. The Morgan fingerprint density at radius 2 is 0.470 bits per heavy atom. The van der Waals surface area contributed by atoms with Crippen molar-refractivity contribution in [2.45, 2.75) is 34.6 Å². The number of nitrogens with one attached hydrogen (secondary N) is 2. The van der Waals surface area contributed by atoms with E-state index in [1.165, 1.54) is 93.7 Å². The maximum absolute atomic E-state index is 5.43. The van der Waals surface area contributed by atoms with E-state index in [1.807, 2.05) is 31.2 Å². The van der Waals surface area contributed by atoms with Gasteiger partial charge in [0.15, 0.2) is 0 Å². The number of hydrogen-bond donors (Lipinski definition) is 3. The van der Waals surface area contributed by atoms with E-state index in [0.717, 1.165) is 94.0 Å². The average molecular weight is 1650 g/mol. The summed E-state index contributed by atoms with van der Waals surface area (Å²) < 4.78 is 6.96. The Kier molecular flexibility index (Phi) is 24.4. The van der Waals surface area contributed by atoms with Crippen LogP contribution in [0.5, 0.6) is 0 Å². The zero-order valence-corrected chi connectivity index (χ0v) is 69.1. The Hall–Kier alpha value is -13.6. The number of fused-ring (bicyclic) bond motifs is 6. The molecule has 19 aromatic rings. The van der Waals surface area contributed by atoms with Gasteiger partial charge in [0, 0.05) is 116 Å². The van der Waals surface area contributed by atoms with E-state index in [-0.39, 0.29) is 11.3 Å². The molecule has 0 amide bonds. The number of anilines is 11. The zero-order chi connectivity index (χ0) is 79.4. The first-order valence-corrected chi connectivity index (χ1v) is 40.7. The fourth-order valence-corrected chi connectivity index (χ4v) is 15.3. The number of nitrogens with two attached hydrogens (primary N) is 1. The van der Waals surface area contributed by atoms with E-state index >= 15 is 0 Å². The standard InChI is InChI=1S/C62H46N4.C26H24N2.C12H8Br2.C7H9N.B.2H2/c1-43-21-29-49(30-22-43)63(53-37-39-61-57(41-53)55-17-9-11-19-59(55)65(61)47-13-5-3-6-14-47)51-33-25-45(26-34-51)46-27-35-52(36-28-46)64(50-31-23-44(2)24-32-50)54-38-40-62-58(42-54)56-18-10-12-20-60(56)66(62)48-15-7-4-8-16-48;1-19-3-11-23(12-4-19)27-25-15-7-21(8-16-25)22-9-17-26(18-10-22)28-24-13-5-20(2)6-14-24;13-11-5-1-9(2-6-11)10-3-7-12(14)8-4-10;1-6-2-4-7(8)5-3-6;;;/h3-42H,1-2H3;3-18,27-28H,1-2H3;1-8H;2-5H,8H2,1H3;;2*1H/i;;;;;2*1+1. The molecule has 2 heterocycles. The fourth-order valence-electron chi connectivity index (χ4n) is 14.7. The highest BCUT2D eigenvalue weighted by molar-refractivity contribution is 9.10. The lowest BCUT2D eigenvalue weighted by molar-refractivity contribution is 1.18. The number of aromatic nitrogens is 2. The number of aryl methyl sites for hydroxylation is 5. The highest BCUT2D eigenvalue weighted by atomic mass is 79.9. The zero-order valence-electron chi connectivity index (χ0n) is 66.0. The lowest BCUT2D eigenvalue weighted by atomic mass is 10.0. The van der Waals surface area contributed by atoms with Gasteiger partial charge >= 0.3 is 0 Å². The van der Waals surface area contributed by atoms with Crippen LogP contribution in [0.15, 0.2) is 421 Å². The van der Waals surface area contributed by atoms with Gasteiger partial charge in [0.25, 0.3) is 0 Å². The van der Waals surface area contributed by atoms with Crippen molar-refractivity contribution >= 4 is 146 Å². The van der Waals surface area contributed by atoms with E-state index in [0.29, 0.717) is 0 Å². The molecule has 571 valence electrons. The van der Waals surface area contributed by atoms with Crippen LogP contribution in [0.2, 0.25) is 0 Å². The molecule has 0 bridgehead atoms. The highest BCUT2D eigenvalue weighted by Gasteiger charge is 2.21. The van der Waals surface area contributed by atoms with Crippen LogP contribution in [0, 0.1) is 34.6 Å². The molecular formula is C107H91BBr2N7. The maximum Gasteiger partial charge on any atom is 0.0542 e. The summed E-state index contributed by atoms with van der Waals surface area (Å²) in [5.74, 6) is 0.